The van der Waals surface area contributed by atoms with Gasteiger partial charge in [0.1, 0.15) is 5.75 Å². The van der Waals surface area contributed by atoms with E-state index in [1.54, 1.807) is 7.11 Å². The number of nitrogens with one attached hydrogen (secondary N) is 1. The van der Waals surface area contributed by atoms with Crippen molar-refractivity contribution in [1.29, 1.82) is 0 Å². The van der Waals surface area contributed by atoms with Crippen LogP contribution in [-0.4, -0.2) is 18.0 Å². The summed E-state index contributed by atoms with van der Waals surface area (Å²) < 4.78 is 17.8. The Hall–Kier alpha value is -2.43. The van der Waals surface area contributed by atoms with E-state index in [-0.39, 0.29) is 11.9 Å². The molecule has 1 aromatic carbocycles. The number of nitrogens with zero attached hydrogens (tertiary/aromatic N) is 1. The van der Waals surface area contributed by atoms with Crippen molar-refractivity contribution in [1.82, 2.24) is 10.3 Å². The molecule has 1 amide bonds. The lowest BCUT2D eigenvalue weighted by Crippen LogP contribution is -2.26. The molecule has 0 spiro atoms. The lowest BCUT2D eigenvalue weighted by Gasteiger charge is -2.15. The number of hydrogen-bond donors (Lipinski definition) is 1. The van der Waals surface area contributed by atoms with Gasteiger partial charge < -0.3 is 10.1 Å². The average Bonchev–Trinajstić information content (AvgIpc) is 2.47. The Bertz CT molecular complexity index is 599. The van der Waals surface area contributed by atoms with Crippen molar-refractivity contribution in [3.05, 3.63) is 59.7 Å². The Balaban J connectivity index is 2.08. The molecule has 20 heavy (non-hydrogen) atoms. The summed E-state index contributed by atoms with van der Waals surface area (Å²) in [5.74, 6) is -0.178. The highest BCUT2D eigenvalue weighted by Gasteiger charge is 2.12. The molecule has 0 aliphatic heterocycles. The maximum absolute atomic E-state index is 12.7. The normalized spacial score (nSPS) is 11.8. The van der Waals surface area contributed by atoms with Gasteiger partial charge in [-0.3, -0.25) is 4.79 Å². The summed E-state index contributed by atoms with van der Waals surface area (Å²) in [7, 11) is 1.59. The molecule has 0 aliphatic carbocycles. The first kappa shape index (κ1) is 14.0. The van der Waals surface area contributed by atoms with Crippen LogP contribution in [0.4, 0.5) is 4.39 Å². The third-order valence-electron chi connectivity index (χ3n) is 2.93. The Morgan fingerprint density at radius 1 is 1.35 bits per heavy atom. The highest BCUT2D eigenvalue weighted by molar-refractivity contribution is 5.94. The molecule has 104 valence electrons. The molecule has 0 saturated carbocycles. The molecule has 4 nitrogen and oxygen atoms in total. The summed E-state index contributed by atoms with van der Waals surface area (Å²) in [6.07, 6.45) is 1.21. The quantitative estimate of drug-likeness (QED) is 0.872. The third-order valence-corrected chi connectivity index (χ3v) is 2.93. The number of ether oxygens (including phenoxy) is 1. The average molecular weight is 274 g/mol. The maximum atomic E-state index is 12.7. The van der Waals surface area contributed by atoms with E-state index in [0.717, 1.165) is 17.4 Å². The Kier molecular flexibility index (Phi) is 4.30. The van der Waals surface area contributed by atoms with Crippen LogP contribution in [0.25, 0.3) is 0 Å². The summed E-state index contributed by atoms with van der Waals surface area (Å²) in [6.45, 7) is 1.86. The monoisotopic (exact) mass is 274 g/mol. The van der Waals surface area contributed by atoms with Gasteiger partial charge in [0.25, 0.3) is 5.91 Å². The standard InChI is InChI=1S/C15H15FN2O2/c1-10(11-4-3-5-13(8-11)20-2)18-15(19)12-6-7-14(16)17-9-12/h3-10H,1-2H3,(H,18,19). The van der Waals surface area contributed by atoms with Crippen molar-refractivity contribution in [3.63, 3.8) is 0 Å². The number of halogens is 1. The van der Waals surface area contributed by atoms with Crippen molar-refractivity contribution >= 4 is 5.91 Å². The van der Waals surface area contributed by atoms with Crippen molar-refractivity contribution in [2.75, 3.05) is 7.11 Å². The predicted octanol–water partition coefficient (Wildman–Crippen LogP) is 2.72. The summed E-state index contributed by atoms with van der Waals surface area (Å²) in [6, 6.07) is 9.81. The van der Waals surface area contributed by atoms with Crippen LogP contribution in [-0.2, 0) is 0 Å². The van der Waals surface area contributed by atoms with E-state index in [0.29, 0.717) is 5.56 Å². The fraction of sp³-hybridized carbons (Fsp3) is 0.200. The number of carbonyl (C=O) groups excluding carboxylic acids is 1. The third kappa shape index (κ3) is 3.32. The molecular formula is C15H15FN2O2. The van der Waals surface area contributed by atoms with E-state index in [2.05, 4.69) is 10.3 Å². The molecule has 5 heteroatoms. The van der Waals surface area contributed by atoms with Crippen LogP contribution in [0.1, 0.15) is 28.9 Å². The first-order valence-corrected chi connectivity index (χ1v) is 6.16. The lowest BCUT2D eigenvalue weighted by molar-refractivity contribution is 0.0939. The Morgan fingerprint density at radius 3 is 2.80 bits per heavy atom. The molecule has 0 bridgehead atoms. The van der Waals surface area contributed by atoms with Crippen LogP contribution >= 0.6 is 0 Å². The van der Waals surface area contributed by atoms with Gasteiger partial charge in [0.2, 0.25) is 5.95 Å². The van der Waals surface area contributed by atoms with Crippen LogP contribution in [0.3, 0.4) is 0 Å². The van der Waals surface area contributed by atoms with Crippen molar-refractivity contribution in [2.45, 2.75) is 13.0 Å². The summed E-state index contributed by atoms with van der Waals surface area (Å²) in [4.78, 5) is 15.4. The molecule has 1 aromatic heterocycles. The van der Waals surface area contributed by atoms with Gasteiger partial charge in [-0.25, -0.2) is 4.98 Å². The predicted molar refractivity (Wildman–Crippen MR) is 73.1 cm³/mol. The van der Waals surface area contributed by atoms with Gasteiger partial charge >= 0.3 is 0 Å². The van der Waals surface area contributed by atoms with Gasteiger partial charge in [0, 0.05) is 6.20 Å². The summed E-state index contributed by atoms with van der Waals surface area (Å²) in [5, 5.41) is 2.83. The number of hydrogen-bond acceptors (Lipinski definition) is 3. The molecule has 1 heterocycles. The SMILES string of the molecule is COc1cccc(C(C)NC(=O)c2ccc(F)nc2)c1. The number of rotatable bonds is 4. The second-order valence-corrected chi connectivity index (χ2v) is 4.34. The van der Waals surface area contributed by atoms with Gasteiger partial charge in [0.05, 0.1) is 18.7 Å². The van der Waals surface area contributed by atoms with Crippen molar-refractivity contribution in [3.8, 4) is 5.75 Å². The van der Waals surface area contributed by atoms with E-state index in [1.807, 2.05) is 31.2 Å². The number of aromatic nitrogens is 1. The van der Waals surface area contributed by atoms with Crippen LogP contribution < -0.4 is 10.1 Å². The minimum atomic E-state index is -0.609. The van der Waals surface area contributed by atoms with Crippen molar-refractivity contribution in [2.24, 2.45) is 0 Å². The molecular weight excluding hydrogens is 259 g/mol. The highest BCUT2D eigenvalue weighted by atomic mass is 19.1. The van der Waals surface area contributed by atoms with E-state index in [9.17, 15) is 9.18 Å². The number of pyridine rings is 1. The van der Waals surface area contributed by atoms with Gasteiger partial charge in [-0.05, 0) is 36.8 Å². The van der Waals surface area contributed by atoms with Gasteiger partial charge in [-0.2, -0.15) is 4.39 Å². The first-order valence-electron chi connectivity index (χ1n) is 6.16. The van der Waals surface area contributed by atoms with E-state index in [1.165, 1.54) is 12.3 Å². The van der Waals surface area contributed by atoms with Gasteiger partial charge in [-0.1, -0.05) is 12.1 Å². The van der Waals surface area contributed by atoms with Crippen LogP contribution in [0.5, 0.6) is 5.75 Å². The minimum Gasteiger partial charge on any atom is -0.497 e. The smallest absolute Gasteiger partial charge is 0.253 e. The topological polar surface area (TPSA) is 51.2 Å². The van der Waals surface area contributed by atoms with Crippen molar-refractivity contribution < 1.29 is 13.9 Å². The molecule has 1 atom stereocenters. The summed E-state index contributed by atoms with van der Waals surface area (Å²) in [5.41, 5.74) is 1.24. The van der Waals surface area contributed by atoms with Gasteiger partial charge in [0.15, 0.2) is 0 Å². The van der Waals surface area contributed by atoms with Crippen LogP contribution in [0.15, 0.2) is 42.6 Å². The lowest BCUT2D eigenvalue weighted by atomic mass is 10.1. The second kappa shape index (κ2) is 6.14. The van der Waals surface area contributed by atoms with E-state index >= 15 is 0 Å². The zero-order chi connectivity index (χ0) is 14.5. The van der Waals surface area contributed by atoms with Crippen LogP contribution in [0.2, 0.25) is 0 Å². The molecule has 0 radical (unpaired) electrons. The molecule has 1 N–H and O–H groups in total. The molecule has 0 aliphatic rings. The largest absolute Gasteiger partial charge is 0.497 e. The second-order valence-electron chi connectivity index (χ2n) is 4.34. The molecule has 2 aromatic rings. The maximum Gasteiger partial charge on any atom is 0.253 e. The number of amides is 1. The minimum absolute atomic E-state index is 0.192. The zero-order valence-corrected chi connectivity index (χ0v) is 11.3. The zero-order valence-electron chi connectivity index (χ0n) is 11.3. The Labute approximate surface area is 116 Å². The van der Waals surface area contributed by atoms with E-state index < -0.39 is 5.95 Å². The van der Waals surface area contributed by atoms with Crippen LogP contribution in [0, 0.1) is 5.95 Å². The first-order chi connectivity index (χ1) is 9.60. The number of methoxy groups -OCH3 is 1. The fourth-order valence-corrected chi connectivity index (χ4v) is 1.78. The van der Waals surface area contributed by atoms with E-state index in [4.69, 9.17) is 4.74 Å². The number of carbonyl (C=O) groups is 1. The molecule has 2 rings (SSSR count). The number of benzene rings is 1. The molecule has 0 fully saturated rings. The van der Waals surface area contributed by atoms with Gasteiger partial charge in [-0.15, -0.1) is 0 Å². The molecule has 0 saturated heterocycles. The highest BCUT2D eigenvalue weighted by Crippen LogP contribution is 2.19. The molecule has 1 unspecified atom stereocenters. The fourth-order valence-electron chi connectivity index (χ4n) is 1.78. The Morgan fingerprint density at radius 2 is 2.15 bits per heavy atom. The summed E-state index contributed by atoms with van der Waals surface area (Å²) >= 11 is 0.